The lowest BCUT2D eigenvalue weighted by Crippen LogP contribution is -2.57. The second kappa shape index (κ2) is 17.2. The molecule has 3 amide bonds. The molecule has 0 aromatic heterocycles. The molecule has 0 aliphatic carbocycles. The zero-order valence-corrected chi connectivity index (χ0v) is 28.7. The molecule has 2 bridgehead atoms. The molecule has 11 nitrogen and oxygen atoms in total. The van der Waals surface area contributed by atoms with Gasteiger partial charge < -0.3 is 34.4 Å². The summed E-state index contributed by atoms with van der Waals surface area (Å²) in [5, 5.41) is 12.2. The Kier molecular flexibility index (Phi) is 13.4. The highest BCUT2D eigenvalue weighted by Crippen LogP contribution is 2.59. The van der Waals surface area contributed by atoms with Crippen LogP contribution in [0.4, 0.5) is 0 Å². The summed E-state index contributed by atoms with van der Waals surface area (Å²) in [6.45, 7) is 12.2. The van der Waals surface area contributed by atoms with Crippen LogP contribution < -0.4 is 5.32 Å². The number of ether oxygens (including phenoxy) is 3. The Balaban J connectivity index is 1.66. The molecule has 3 aliphatic rings. The van der Waals surface area contributed by atoms with Crippen LogP contribution in [0.3, 0.4) is 0 Å². The van der Waals surface area contributed by atoms with Crippen LogP contribution in [0.5, 0.6) is 0 Å². The minimum atomic E-state index is -1.16. The van der Waals surface area contributed by atoms with Gasteiger partial charge in [-0.05, 0) is 51.5 Å². The summed E-state index contributed by atoms with van der Waals surface area (Å²) in [5.74, 6) is -3.11. The van der Waals surface area contributed by atoms with Crippen molar-refractivity contribution < 1.29 is 38.5 Å². The van der Waals surface area contributed by atoms with Crippen molar-refractivity contribution >= 4 is 23.7 Å². The highest BCUT2D eigenvalue weighted by atomic mass is 16.6. The molecule has 1 aromatic rings. The number of methoxy groups -OCH3 is 1. The number of hydrogen-bond acceptors (Lipinski definition) is 8. The lowest BCUT2D eigenvalue weighted by atomic mass is 9.70. The van der Waals surface area contributed by atoms with Gasteiger partial charge in [-0.25, -0.2) is 0 Å². The van der Waals surface area contributed by atoms with E-state index in [0.29, 0.717) is 50.8 Å². The number of nitrogens with zero attached hydrogens (tertiary/aromatic N) is 2. The third-order valence-electron chi connectivity index (χ3n) is 9.85. The van der Waals surface area contributed by atoms with E-state index in [1.54, 1.807) is 22.0 Å². The fourth-order valence-corrected chi connectivity index (χ4v) is 7.67. The van der Waals surface area contributed by atoms with E-state index in [1.807, 2.05) is 44.2 Å². The average molecular weight is 668 g/mol. The summed E-state index contributed by atoms with van der Waals surface area (Å²) in [4.78, 5) is 59.3. The van der Waals surface area contributed by atoms with E-state index in [0.717, 1.165) is 12.8 Å². The van der Waals surface area contributed by atoms with Crippen molar-refractivity contribution in [3.05, 3.63) is 61.2 Å². The molecule has 0 unspecified atom stereocenters. The van der Waals surface area contributed by atoms with Crippen molar-refractivity contribution in [3.63, 3.8) is 0 Å². The molecule has 11 heteroatoms. The monoisotopic (exact) mass is 667 g/mol. The third kappa shape index (κ3) is 7.84. The maximum absolute atomic E-state index is 14.4. The second-order valence-electron chi connectivity index (χ2n) is 13.3. The maximum atomic E-state index is 14.4. The number of nitrogens with one attached hydrogen (secondary N) is 1. The predicted molar refractivity (Wildman–Crippen MR) is 180 cm³/mol. The highest BCUT2D eigenvalue weighted by molar-refractivity contribution is 5.98. The van der Waals surface area contributed by atoms with Crippen molar-refractivity contribution in [1.29, 1.82) is 0 Å². The molecule has 7 atom stereocenters. The Bertz CT molecular complexity index is 1290. The molecule has 3 aliphatic heterocycles. The first-order valence-electron chi connectivity index (χ1n) is 17.3. The largest absolute Gasteiger partial charge is 0.455 e. The van der Waals surface area contributed by atoms with Gasteiger partial charge in [-0.1, -0.05) is 55.3 Å². The SMILES string of the molecule is C=CCCC(=O)N[C@@H](COC)[C@@H](OC(=O)[C@@H]1[C@@H]2CC[C@]3(O2)[C@H](C(=O)N(CC=C)C(C)C)N(CCCCCCO)C(=O)[C@@H]13)c1ccccc1. The molecule has 0 saturated carbocycles. The summed E-state index contributed by atoms with van der Waals surface area (Å²) in [6, 6.07) is 7.43. The molecule has 1 aromatic carbocycles. The number of hydrogen-bond donors (Lipinski definition) is 2. The number of allylic oxidation sites excluding steroid dienone is 1. The first-order valence-corrected chi connectivity index (χ1v) is 17.3. The standard InChI is InChI=1S/C37H53N3O8/c1-6-8-18-29(42)38-27(24-46-5)32(26-16-12-11-13-17-26)47-36(45)30-28-19-20-37(48-28)31(30)34(43)40(22-14-9-10-15-23-41)33(37)35(44)39(21-7-2)25(3)4/h6-7,11-13,16-17,25,27-28,30-33,41H,1-2,8-10,14-15,18-24H2,3-5H3,(H,38,42)/t27-,28-,30+,31+,32-,33-,37+/m0/s1. The van der Waals surface area contributed by atoms with E-state index < -0.39 is 47.7 Å². The number of benzene rings is 1. The number of rotatable bonds is 20. The van der Waals surface area contributed by atoms with E-state index in [1.165, 1.54) is 7.11 Å². The summed E-state index contributed by atoms with van der Waals surface area (Å²) in [5.41, 5.74) is -0.488. The number of aliphatic hydroxyl groups excluding tert-OH is 1. The van der Waals surface area contributed by atoms with Gasteiger partial charge in [0.05, 0.1) is 30.6 Å². The first kappa shape index (κ1) is 37.3. The van der Waals surface area contributed by atoms with Crippen LogP contribution in [-0.2, 0) is 33.4 Å². The van der Waals surface area contributed by atoms with Gasteiger partial charge in [0.2, 0.25) is 17.7 Å². The van der Waals surface area contributed by atoms with Gasteiger partial charge in [-0.2, -0.15) is 0 Å². The van der Waals surface area contributed by atoms with Crippen LogP contribution in [0, 0.1) is 11.8 Å². The molecule has 3 saturated heterocycles. The number of carbonyl (C=O) groups excluding carboxylic acids is 4. The van der Waals surface area contributed by atoms with E-state index in [4.69, 9.17) is 14.2 Å². The molecular formula is C37H53N3O8. The molecular weight excluding hydrogens is 614 g/mol. The number of amides is 3. The van der Waals surface area contributed by atoms with Crippen LogP contribution >= 0.6 is 0 Å². The van der Waals surface area contributed by atoms with E-state index in [9.17, 15) is 24.3 Å². The Morgan fingerprint density at radius 2 is 1.88 bits per heavy atom. The van der Waals surface area contributed by atoms with Crippen LogP contribution in [0.1, 0.15) is 76.9 Å². The van der Waals surface area contributed by atoms with Crippen molar-refractivity contribution in [2.75, 3.05) is 33.4 Å². The molecule has 2 N–H and O–H groups in total. The van der Waals surface area contributed by atoms with Crippen molar-refractivity contribution in [2.45, 2.75) is 101 Å². The average Bonchev–Trinajstić information content (AvgIpc) is 3.72. The molecule has 0 radical (unpaired) electrons. The normalized spacial score (nSPS) is 25.4. The van der Waals surface area contributed by atoms with Crippen molar-refractivity contribution in [1.82, 2.24) is 15.1 Å². The van der Waals surface area contributed by atoms with Gasteiger partial charge in [0.25, 0.3) is 0 Å². The first-order chi connectivity index (χ1) is 23.1. The topological polar surface area (TPSA) is 135 Å². The van der Waals surface area contributed by atoms with Crippen LogP contribution in [0.2, 0.25) is 0 Å². The number of carbonyl (C=O) groups is 4. The summed E-state index contributed by atoms with van der Waals surface area (Å²) in [6.07, 6.45) is 6.47. The highest BCUT2D eigenvalue weighted by Gasteiger charge is 2.75. The second-order valence-corrected chi connectivity index (χ2v) is 13.3. The van der Waals surface area contributed by atoms with Gasteiger partial charge in [-0.15, -0.1) is 13.2 Å². The zero-order chi connectivity index (χ0) is 34.8. The van der Waals surface area contributed by atoms with Gasteiger partial charge >= 0.3 is 5.97 Å². The van der Waals surface area contributed by atoms with Gasteiger partial charge in [0.1, 0.15) is 17.7 Å². The van der Waals surface area contributed by atoms with Gasteiger partial charge in [0.15, 0.2) is 0 Å². The molecule has 3 fully saturated rings. The Hall–Kier alpha value is -3.54. The summed E-state index contributed by atoms with van der Waals surface area (Å²) >= 11 is 0. The minimum Gasteiger partial charge on any atom is -0.455 e. The third-order valence-corrected chi connectivity index (χ3v) is 9.85. The lowest BCUT2D eigenvalue weighted by Gasteiger charge is -2.38. The Morgan fingerprint density at radius 1 is 1.15 bits per heavy atom. The van der Waals surface area contributed by atoms with Crippen LogP contribution in [0.25, 0.3) is 0 Å². The van der Waals surface area contributed by atoms with Gasteiger partial charge in [0, 0.05) is 39.3 Å². The zero-order valence-electron chi connectivity index (χ0n) is 28.7. The van der Waals surface area contributed by atoms with Crippen molar-refractivity contribution in [2.24, 2.45) is 11.8 Å². The molecule has 1 spiro atoms. The van der Waals surface area contributed by atoms with Gasteiger partial charge in [-0.3, -0.25) is 19.2 Å². The van der Waals surface area contributed by atoms with Crippen LogP contribution in [-0.4, -0.2) is 102 Å². The number of likely N-dealkylation sites (tertiary alicyclic amines) is 1. The predicted octanol–water partition coefficient (Wildman–Crippen LogP) is 3.72. The van der Waals surface area contributed by atoms with E-state index >= 15 is 0 Å². The fourth-order valence-electron chi connectivity index (χ4n) is 7.67. The van der Waals surface area contributed by atoms with Crippen molar-refractivity contribution in [3.8, 4) is 0 Å². The fraction of sp³-hybridized carbons (Fsp3) is 0.622. The molecule has 48 heavy (non-hydrogen) atoms. The summed E-state index contributed by atoms with van der Waals surface area (Å²) in [7, 11) is 1.51. The quantitative estimate of drug-likeness (QED) is 0.122. The number of unbranched alkanes of at least 4 members (excludes halogenated alkanes) is 3. The number of aliphatic hydroxyl groups is 1. The number of esters is 1. The smallest absolute Gasteiger partial charge is 0.313 e. The minimum absolute atomic E-state index is 0.0819. The molecule has 3 heterocycles. The lowest BCUT2D eigenvalue weighted by molar-refractivity contribution is -0.163. The Labute approximate surface area is 284 Å². The Morgan fingerprint density at radius 3 is 2.52 bits per heavy atom. The van der Waals surface area contributed by atoms with Crippen LogP contribution in [0.15, 0.2) is 55.6 Å². The molecule has 4 rings (SSSR count). The molecule has 264 valence electrons. The van der Waals surface area contributed by atoms with E-state index in [2.05, 4.69) is 18.5 Å². The maximum Gasteiger partial charge on any atom is 0.313 e. The number of fused-ring (bicyclic) bond motifs is 1. The van der Waals surface area contributed by atoms with E-state index in [-0.39, 0.29) is 43.4 Å². The summed E-state index contributed by atoms with van der Waals surface area (Å²) < 4.78 is 18.4.